The highest BCUT2D eigenvalue weighted by Crippen LogP contribution is 2.39. The van der Waals surface area contributed by atoms with E-state index in [0.29, 0.717) is 16.8 Å². The lowest BCUT2D eigenvalue weighted by molar-refractivity contribution is -0.137. The number of nitrogens with one attached hydrogen (secondary N) is 1. The molecule has 7 heteroatoms. The first-order valence-corrected chi connectivity index (χ1v) is 8.68. The maximum Gasteiger partial charge on any atom is 0.418 e. The van der Waals surface area contributed by atoms with Crippen molar-refractivity contribution in [1.29, 1.82) is 0 Å². The molecule has 1 N–H and O–H groups in total. The highest BCUT2D eigenvalue weighted by Gasteiger charge is 2.36. The molecule has 0 bridgehead atoms. The highest BCUT2D eigenvalue weighted by molar-refractivity contribution is 6.04. The molecule has 0 aliphatic carbocycles. The number of carbonyl (C=O) groups excluding carboxylic acids is 1. The lowest BCUT2D eigenvalue weighted by atomic mass is 10.1. The summed E-state index contributed by atoms with van der Waals surface area (Å²) in [5.41, 5.74) is 0.260. The van der Waals surface area contributed by atoms with Crippen molar-refractivity contribution in [3.63, 3.8) is 0 Å². The fourth-order valence-electron chi connectivity index (χ4n) is 3.19. The average molecular weight is 398 g/mol. The third-order valence-electron chi connectivity index (χ3n) is 4.52. The fourth-order valence-corrected chi connectivity index (χ4v) is 3.19. The molecular formula is C22H14F4N2O. The van der Waals surface area contributed by atoms with Crippen LogP contribution in [0.3, 0.4) is 0 Å². The van der Waals surface area contributed by atoms with Crippen molar-refractivity contribution in [2.45, 2.75) is 6.18 Å². The van der Waals surface area contributed by atoms with Crippen molar-refractivity contribution < 1.29 is 22.4 Å². The normalized spacial score (nSPS) is 11.6. The molecule has 0 spiro atoms. The molecule has 4 aromatic rings. The summed E-state index contributed by atoms with van der Waals surface area (Å²) in [6.07, 6.45) is -2.95. The van der Waals surface area contributed by atoms with Crippen molar-refractivity contribution >= 4 is 17.1 Å². The van der Waals surface area contributed by atoms with E-state index in [4.69, 9.17) is 0 Å². The van der Waals surface area contributed by atoms with Crippen molar-refractivity contribution in [2.75, 3.05) is 5.32 Å². The number of alkyl halides is 3. The van der Waals surface area contributed by atoms with Gasteiger partial charge in [-0.05, 0) is 48.0 Å². The number of carbonyl (C=O) groups is 1. The third-order valence-corrected chi connectivity index (χ3v) is 4.52. The molecule has 146 valence electrons. The van der Waals surface area contributed by atoms with Gasteiger partial charge in [-0.15, -0.1) is 0 Å². The average Bonchev–Trinajstić information content (AvgIpc) is 3.09. The summed E-state index contributed by atoms with van der Waals surface area (Å²) < 4.78 is 55.8. The van der Waals surface area contributed by atoms with Crippen molar-refractivity contribution in [1.82, 2.24) is 4.40 Å². The van der Waals surface area contributed by atoms with Crippen LogP contribution in [0, 0.1) is 5.82 Å². The summed E-state index contributed by atoms with van der Waals surface area (Å²) in [5.74, 6) is -1.30. The molecule has 2 heterocycles. The zero-order valence-corrected chi connectivity index (χ0v) is 14.9. The summed E-state index contributed by atoms with van der Waals surface area (Å²) in [6.45, 7) is 0. The molecule has 2 aromatic carbocycles. The summed E-state index contributed by atoms with van der Waals surface area (Å²) in [4.78, 5) is 12.2. The van der Waals surface area contributed by atoms with E-state index in [1.807, 2.05) is 0 Å². The van der Waals surface area contributed by atoms with Crippen LogP contribution in [0.2, 0.25) is 0 Å². The van der Waals surface area contributed by atoms with E-state index >= 15 is 0 Å². The van der Waals surface area contributed by atoms with E-state index in [1.54, 1.807) is 24.4 Å². The number of rotatable bonds is 3. The van der Waals surface area contributed by atoms with E-state index in [9.17, 15) is 22.4 Å². The molecule has 0 fully saturated rings. The number of pyridine rings is 1. The van der Waals surface area contributed by atoms with Crippen LogP contribution in [-0.4, -0.2) is 10.3 Å². The van der Waals surface area contributed by atoms with Gasteiger partial charge in [-0.1, -0.05) is 30.3 Å². The smallest absolute Gasteiger partial charge is 0.322 e. The first-order chi connectivity index (χ1) is 13.8. The van der Waals surface area contributed by atoms with Crippen LogP contribution in [-0.2, 0) is 6.18 Å². The largest absolute Gasteiger partial charge is 0.418 e. The number of anilines is 1. The molecule has 0 saturated carbocycles. The van der Waals surface area contributed by atoms with Gasteiger partial charge >= 0.3 is 6.18 Å². The minimum atomic E-state index is -4.51. The SMILES string of the molecule is O=C(Nc1ccc(-c2c(C(F)(F)F)cc3ccccn23)cc1)c1ccccc1F. The Labute approximate surface area is 163 Å². The maximum absolute atomic E-state index is 13.7. The van der Waals surface area contributed by atoms with E-state index in [2.05, 4.69) is 5.32 Å². The zero-order valence-electron chi connectivity index (χ0n) is 14.9. The Morgan fingerprint density at radius 1 is 0.897 bits per heavy atom. The van der Waals surface area contributed by atoms with Gasteiger partial charge in [0.15, 0.2) is 0 Å². The van der Waals surface area contributed by atoms with Crippen LogP contribution in [0.25, 0.3) is 16.8 Å². The summed E-state index contributed by atoms with van der Waals surface area (Å²) in [7, 11) is 0. The van der Waals surface area contributed by atoms with Crippen molar-refractivity contribution in [3.8, 4) is 11.3 Å². The third kappa shape index (κ3) is 3.59. The van der Waals surface area contributed by atoms with Crippen LogP contribution < -0.4 is 5.32 Å². The fraction of sp³-hybridized carbons (Fsp3) is 0.0455. The Morgan fingerprint density at radius 2 is 1.59 bits per heavy atom. The Balaban J connectivity index is 1.69. The second kappa shape index (κ2) is 7.09. The second-order valence-corrected chi connectivity index (χ2v) is 6.41. The van der Waals surface area contributed by atoms with E-state index in [0.717, 1.165) is 6.07 Å². The Kier molecular flexibility index (Phi) is 4.58. The first-order valence-electron chi connectivity index (χ1n) is 8.68. The molecule has 0 aliphatic heterocycles. The number of aromatic nitrogens is 1. The summed E-state index contributed by atoms with van der Waals surface area (Å²) in [6, 6.07) is 17.5. The molecule has 0 saturated heterocycles. The first kappa shape index (κ1) is 18.7. The van der Waals surface area contributed by atoms with E-state index in [1.165, 1.54) is 52.9 Å². The van der Waals surface area contributed by atoms with Crippen LogP contribution in [0.1, 0.15) is 15.9 Å². The molecule has 0 atom stereocenters. The van der Waals surface area contributed by atoms with Gasteiger partial charge in [0, 0.05) is 17.4 Å². The number of hydrogen-bond acceptors (Lipinski definition) is 1. The minimum absolute atomic E-state index is 0.0140. The molecule has 0 aliphatic rings. The maximum atomic E-state index is 13.7. The number of halogens is 4. The lowest BCUT2D eigenvalue weighted by Gasteiger charge is -2.11. The Bertz CT molecular complexity index is 1190. The molecule has 2 aromatic heterocycles. The van der Waals surface area contributed by atoms with Crippen LogP contribution in [0.15, 0.2) is 79.0 Å². The molecule has 3 nitrogen and oxygen atoms in total. The molecule has 0 unspecified atom stereocenters. The minimum Gasteiger partial charge on any atom is -0.322 e. The van der Waals surface area contributed by atoms with Gasteiger partial charge in [0.25, 0.3) is 5.91 Å². The Morgan fingerprint density at radius 3 is 2.28 bits per heavy atom. The Hall–Kier alpha value is -3.61. The predicted molar refractivity (Wildman–Crippen MR) is 102 cm³/mol. The van der Waals surface area contributed by atoms with E-state index < -0.39 is 23.5 Å². The van der Waals surface area contributed by atoms with Crippen LogP contribution in [0.4, 0.5) is 23.2 Å². The van der Waals surface area contributed by atoms with E-state index in [-0.39, 0.29) is 11.3 Å². The van der Waals surface area contributed by atoms with Gasteiger partial charge < -0.3 is 9.72 Å². The molecular weight excluding hydrogens is 384 g/mol. The molecule has 1 amide bonds. The second-order valence-electron chi connectivity index (χ2n) is 6.41. The predicted octanol–water partition coefficient (Wildman–Crippen LogP) is 6.02. The van der Waals surface area contributed by atoms with Gasteiger partial charge in [-0.25, -0.2) is 4.39 Å². The number of amides is 1. The van der Waals surface area contributed by atoms with Gasteiger partial charge in [-0.3, -0.25) is 4.79 Å². The number of nitrogens with zero attached hydrogens (tertiary/aromatic N) is 1. The number of benzene rings is 2. The monoisotopic (exact) mass is 398 g/mol. The topological polar surface area (TPSA) is 33.5 Å². The quantitative estimate of drug-likeness (QED) is 0.421. The van der Waals surface area contributed by atoms with Crippen molar-refractivity contribution in [3.05, 3.63) is 95.9 Å². The van der Waals surface area contributed by atoms with Gasteiger partial charge in [-0.2, -0.15) is 13.2 Å². The highest BCUT2D eigenvalue weighted by atomic mass is 19.4. The van der Waals surface area contributed by atoms with Gasteiger partial charge in [0.05, 0.1) is 16.8 Å². The van der Waals surface area contributed by atoms with Crippen LogP contribution >= 0.6 is 0 Å². The van der Waals surface area contributed by atoms with Crippen molar-refractivity contribution in [2.24, 2.45) is 0 Å². The summed E-state index contributed by atoms with van der Waals surface area (Å²) in [5, 5.41) is 2.55. The molecule has 0 radical (unpaired) electrons. The molecule has 29 heavy (non-hydrogen) atoms. The zero-order chi connectivity index (χ0) is 20.6. The summed E-state index contributed by atoms with van der Waals surface area (Å²) >= 11 is 0. The molecule has 4 rings (SSSR count). The number of fused-ring (bicyclic) bond motifs is 1. The standard InChI is InChI=1S/C22H14F4N2O/c23-19-7-2-1-6-17(19)21(29)27-15-10-8-14(9-11-15)20-18(22(24,25)26)13-16-5-3-4-12-28(16)20/h1-13H,(H,27,29). The number of hydrogen-bond donors (Lipinski definition) is 1. The lowest BCUT2D eigenvalue weighted by Crippen LogP contribution is -2.13. The van der Waals surface area contributed by atoms with Gasteiger partial charge in [0.1, 0.15) is 5.82 Å². The van der Waals surface area contributed by atoms with Gasteiger partial charge in [0.2, 0.25) is 0 Å². The van der Waals surface area contributed by atoms with Crippen LogP contribution in [0.5, 0.6) is 0 Å².